The van der Waals surface area contributed by atoms with Crippen LogP contribution in [0.1, 0.15) is 25.3 Å². The molecule has 0 fully saturated rings. The molecule has 4 N–H and O–H groups in total. The normalized spacial score (nSPS) is 11.8. The van der Waals surface area contributed by atoms with Crippen molar-refractivity contribution in [2.24, 2.45) is 11.8 Å². The van der Waals surface area contributed by atoms with Crippen molar-refractivity contribution in [2.45, 2.75) is 19.8 Å². The van der Waals surface area contributed by atoms with Gasteiger partial charge in [-0.15, -0.1) is 0 Å². The van der Waals surface area contributed by atoms with Crippen LogP contribution in [0, 0.1) is 5.92 Å². The highest BCUT2D eigenvalue weighted by atomic mass is 16.5. The highest BCUT2D eigenvalue weighted by molar-refractivity contribution is 5.83. The fourth-order valence-corrected chi connectivity index (χ4v) is 3.12. The van der Waals surface area contributed by atoms with Crippen LogP contribution in [0.4, 0.5) is 0 Å². The Morgan fingerprint density at radius 2 is 2.00 bits per heavy atom. The number of carbonyl (C=O) groups excluding carboxylic acids is 1. The number of aliphatic carboxylic acids is 1. The molecule has 0 spiro atoms. The first-order chi connectivity index (χ1) is 14.4. The van der Waals surface area contributed by atoms with E-state index in [1.165, 1.54) is 0 Å². The molecule has 1 heterocycles. The van der Waals surface area contributed by atoms with E-state index in [9.17, 15) is 9.59 Å². The molecule has 1 aromatic heterocycles. The summed E-state index contributed by atoms with van der Waals surface area (Å²) in [7, 11) is 0. The van der Waals surface area contributed by atoms with Crippen molar-refractivity contribution in [3.8, 4) is 17.2 Å². The van der Waals surface area contributed by atoms with Gasteiger partial charge in [-0.25, -0.2) is 15.6 Å². The van der Waals surface area contributed by atoms with Crippen molar-refractivity contribution in [3.63, 3.8) is 0 Å². The number of oxazole rings is 1. The van der Waals surface area contributed by atoms with E-state index in [0.717, 1.165) is 23.1 Å². The first-order valence-electron chi connectivity index (χ1n) is 9.45. The van der Waals surface area contributed by atoms with Crippen molar-refractivity contribution in [1.29, 1.82) is 0 Å². The molecule has 1 atom stereocenters. The molecule has 156 valence electrons. The van der Waals surface area contributed by atoms with E-state index in [1.807, 2.05) is 25.1 Å². The Bertz CT molecular complexity index is 1070. The van der Waals surface area contributed by atoms with Crippen molar-refractivity contribution >= 4 is 28.5 Å². The van der Waals surface area contributed by atoms with Gasteiger partial charge in [0, 0.05) is 12.0 Å². The molecule has 8 nitrogen and oxygen atoms in total. The predicted molar refractivity (Wildman–Crippen MR) is 112 cm³/mol. The first-order valence-corrected chi connectivity index (χ1v) is 9.45. The van der Waals surface area contributed by atoms with E-state index < -0.39 is 12.6 Å². The van der Waals surface area contributed by atoms with E-state index in [4.69, 9.17) is 20.1 Å². The third-order valence-corrected chi connectivity index (χ3v) is 4.80. The number of nitrogens with one attached hydrogen (secondary N) is 1. The van der Waals surface area contributed by atoms with E-state index >= 15 is 0 Å². The zero-order chi connectivity index (χ0) is 21.7. The number of benzene rings is 2. The number of carboxylic acids is 1. The van der Waals surface area contributed by atoms with Crippen LogP contribution in [-0.2, 0) is 9.59 Å². The van der Waals surface area contributed by atoms with Crippen LogP contribution in [0.25, 0.3) is 28.1 Å². The van der Waals surface area contributed by atoms with Crippen LogP contribution in [-0.4, -0.2) is 28.6 Å². The third-order valence-electron chi connectivity index (χ3n) is 4.80. The summed E-state index contributed by atoms with van der Waals surface area (Å²) in [6, 6.07) is 12.4. The largest absolute Gasteiger partial charge is 0.482 e. The number of allylic oxidation sites excluding steroid dienone is 1. The summed E-state index contributed by atoms with van der Waals surface area (Å²) < 4.78 is 11.0. The van der Waals surface area contributed by atoms with Gasteiger partial charge in [0.25, 0.3) is 0 Å². The zero-order valence-corrected chi connectivity index (χ0v) is 16.6. The molecule has 30 heavy (non-hydrogen) atoms. The van der Waals surface area contributed by atoms with Gasteiger partial charge >= 0.3 is 5.97 Å². The molecule has 2 aromatic carbocycles. The Kier molecular flexibility index (Phi) is 6.48. The number of amides is 1. The maximum atomic E-state index is 11.6. The Balaban J connectivity index is 1.81. The standard InChI is InChI=1S/C22H23N3O5/c1-3-14(11-20(26)25-23)13(2)16-6-9-18-19(10-16)30-22(24-18)15-4-7-17(8-5-15)29-12-21(27)28/h4-10,14H,2-3,11-12,23H2,1H3,(H,25,26)(H,27,28). The number of hydrogen-bond donors (Lipinski definition) is 3. The van der Waals surface area contributed by atoms with Gasteiger partial charge in [-0.1, -0.05) is 19.6 Å². The first kappa shape index (κ1) is 21.1. The number of carbonyl (C=O) groups is 2. The average Bonchev–Trinajstić information content (AvgIpc) is 3.19. The molecule has 0 aliphatic heterocycles. The van der Waals surface area contributed by atoms with Crippen LogP contribution in [0.15, 0.2) is 53.5 Å². The fraction of sp³-hybridized carbons (Fsp3) is 0.227. The monoisotopic (exact) mass is 409 g/mol. The van der Waals surface area contributed by atoms with Crippen LogP contribution in [0.2, 0.25) is 0 Å². The maximum Gasteiger partial charge on any atom is 0.341 e. The molecule has 0 aliphatic carbocycles. The highest BCUT2D eigenvalue weighted by Gasteiger charge is 2.17. The van der Waals surface area contributed by atoms with Crippen molar-refractivity contribution in [2.75, 3.05) is 6.61 Å². The molecule has 8 heteroatoms. The lowest BCUT2D eigenvalue weighted by Gasteiger charge is -2.17. The minimum Gasteiger partial charge on any atom is -0.482 e. The number of nitrogens with two attached hydrogens (primary N) is 1. The number of rotatable bonds is 9. The van der Waals surface area contributed by atoms with Gasteiger partial charge in [0.1, 0.15) is 11.3 Å². The van der Waals surface area contributed by atoms with Gasteiger partial charge < -0.3 is 14.3 Å². The second-order valence-electron chi connectivity index (χ2n) is 6.81. The highest BCUT2D eigenvalue weighted by Crippen LogP contribution is 2.31. The Morgan fingerprint density at radius 3 is 2.63 bits per heavy atom. The third kappa shape index (κ3) is 4.84. The van der Waals surface area contributed by atoms with Gasteiger partial charge in [-0.05, 0) is 59.9 Å². The van der Waals surface area contributed by atoms with E-state index in [-0.39, 0.29) is 18.2 Å². The molecule has 3 aromatic rings. The van der Waals surface area contributed by atoms with Crippen LogP contribution in [0.5, 0.6) is 5.75 Å². The average molecular weight is 409 g/mol. The molecule has 0 saturated heterocycles. The van der Waals surface area contributed by atoms with E-state index in [1.54, 1.807) is 24.3 Å². The lowest BCUT2D eigenvalue weighted by molar-refractivity contribution is -0.139. The SMILES string of the molecule is C=C(c1ccc2nc(-c3ccc(OCC(=O)O)cc3)oc2c1)C(CC)CC(=O)NN. The number of hydrogen-bond acceptors (Lipinski definition) is 6. The van der Waals surface area contributed by atoms with Gasteiger partial charge in [0.05, 0.1) is 0 Å². The molecular weight excluding hydrogens is 386 g/mol. The smallest absolute Gasteiger partial charge is 0.341 e. The number of aromatic nitrogens is 1. The molecule has 1 amide bonds. The summed E-state index contributed by atoms with van der Waals surface area (Å²) in [4.78, 5) is 26.7. The van der Waals surface area contributed by atoms with Gasteiger partial charge in [-0.2, -0.15) is 0 Å². The van der Waals surface area contributed by atoms with Crippen LogP contribution < -0.4 is 16.0 Å². The maximum absolute atomic E-state index is 11.6. The van der Waals surface area contributed by atoms with Gasteiger partial charge in [-0.3, -0.25) is 10.2 Å². The summed E-state index contributed by atoms with van der Waals surface area (Å²) in [5.74, 6) is 4.78. The second-order valence-corrected chi connectivity index (χ2v) is 6.81. The molecule has 0 radical (unpaired) electrons. The van der Waals surface area contributed by atoms with Gasteiger partial charge in [0.15, 0.2) is 12.2 Å². The number of nitrogens with zero attached hydrogens (tertiary/aromatic N) is 1. The summed E-state index contributed by atoms with van der Waals surface area (Å²) in [6.45, 7) is 5.75. The second kappa shape index (κ2) is 9.23. The van der Waals surface area contributed by atoms with Crippen molar-refractivity contribution < 1.29 is 23.8 Å². The van der Waals surface area contributed by atoms with Crippen LogP contribution in [0.3, 0.4) is 0 Å². The zero-order valence-electron chi connectivity index (χ0n) is 16.6. The lowest BCUT2D eigenvalue weighted by Crippen LogP contribution is -2.31. The summed E-state index contributed by atoms with van der Waals surface area (Å²) in [5, 5.41) is 8.67. The molecule has 0 aliphatic rings. The number of hydrazine groups is 1. The minimum atomic E-state index is -1.04. The Morgan fingerprint density at radius 1 is 1.27 bits per heavy atom. The van der Waals surface area contributed by atoms with Gasteiger partial charge in [0.2, 0.25) is 11.8 Å². The fourth-order valence-electron chi connectivity index (χ4n) is 3.12. The Labute approximate surface area is 173 Å². The van der Waals surface area contributed by atoms with Crippen LogP contribution >= 0.6 is 0 Å². The lowest BCUT2D eigenvalue weighted by atomic mass is 9.89. The number of carboxylic acid groups (broad SMARTS) is 1. The van der Waals surface area contributed by atoms with E-state index in [0.29, 0.717) is 22.7 Å². The van der Waals surface area contributed by atoms with Crippen molar-refractivity contribution in [3.05, 3.63) is 54.6 Å². The van der Waals surface area contributed by atoms with Crippen molar-refractivity contribution in [1.82, 2.24) is 10.4 Å². The molecule has 1 unspecified atom stereocenters. The Hall–Kier alpha value is -3.65. The molecular formula is C22H23N3O5. The number of ether oxygens (including phenoxy) is 1. The summed E-state index contributed by atoms with van der Waals surface area (Å²) in [5.41, 5.74) is 5.90. The molecule has 0 bridgehead atoms. The summed E-state index contributed by atoms with van der Waals surface area (Å²) in [6.07, 6.45) is 1.02. The minimum absolute atomic E-state index is 0.0354. The number of fused-ring (bicyclic) bond motifs is 1. The quantitative estimate of drug-likeness (QED) is 0.281. The molecule has 0 saturated carbocycles. The summed E-state index contributed by atoms with van der Waals surface area (Å²) >= 11 is 0. The molecule has 3 rings (SSSR count). The van der Waals surface area contributed by atoms with E-state index in [2.05, 4.69) is 17.0 Å². The topological polar surface area (TPSA) is 128 Å². The predicted octanol–water partition coefficient (Wildman–Crippen LogP) is 3.38.